The van der Waals surface area contributed by atoms with Gasteiger partial charge in [0, 0.05) is 12.5 Å². The first-order valence-electron chi connectivity index (χ1n) is 6.44. The number of aliphatic hydroxyl groups excluding tert-OH is 1. The van der Waals surface area contributed by atoms with E-state index in [2.05, 4.69) is 6.58 Å². The van der Waals surface area contributed by atoms with Crippen molar-refractivity contribution in [2.24, 2.45) is 0 Å². The zero-order valence-corrected chi connectivity index (χ0v) is 11.5. The van der Waals surface area contributed by atoms with Gasteiger partial charge in [-0.25, -0.2) is 4.79 Å². The van der Waals surface area contributed by atoms with Crippen LogP contribution in [0.1, 0.15) is 27.2 Å². The average Bonchev–Trinajstić information content (AvgIpc) is 2.63. The van der Waals surface area contributed by atoms with Gasteiger partial charge in [-0.15, -0.1) is 0 Å². The van der Waals surface area contributed by atoms with E-state index in [-0.39, 0.29) is 0 Å². The first-order valence-corrected chi connectivity index (χ1v) is 6.44. The smallest absolute Gasteiger partial charge is 0.331 e. The first-order chi connectivity index (χ1) is 8.84. The predicted molar refractivity (Wildman–Crippen MR) is 68.3 cm³/mol. The zero-order chi connectivity index (χ0) is 14.2. The van der Waals surface area contributed by atoms with Gasteiger partial charge in [0.1, 0.15) is 12.2 Å². The Kier molecular flexibility index (Phi) is 3.80. The monoisotopic (exact) mass is 268 g/mol. The second-order valence-electron chi connectivity index (χ2n) is 5.24. The van der Waals surface area contributed by atoms with E-state index >= 15 is 0 Å². The summed E-state index contributed by atoms with van der Waals surface area (Å²) in [7, 11) is 0. The lowest BCUT2D eigenvalue weighted by atomic mass is 9.84. The van der Waals surface area contributed by atoms with Crippen LogP contribution < -0.4 is 0 Å². The molecule has 0 spiro atoms. The van der Waals surface area contributed by atoms with Gasteiger partial charge in [-0.05, 0) is 31.9 Å². The fourth-order valence-electron chi connectivity index (χ4n) is 2.47. The predicted octanol–water partition coefficient (Wildman–Crippen LogP) is 1.32. The van der Waals surface area contributed by atoms with Gasteiger partial charge >= 0.3 is 5.97 Å². The summed E-state index contributed by atoms with van der Waals surface area (Å²) in [6.07, 6.45) is 0.136. The molecule has 5 nitrogen and oxygen atoms in total. The topological polar surface area (TPSA) is 65.0 Å². The lowest BCUT2D eigenvalue weighted by Gasteiger charge is -2.31. The van der Waals surface area contributed by atoms with Crippen molar-refractivity contribution in [3.05, 3.63) is 23.8 Å². The summed E-state index contributed by atoms with van der Waals surface area (Å²) in [5, 5.41) is 10.1. The Morgan fingerprint density at radius 3 is 2.89 bits per heavy atom. The SMILES string of the molecule is C=C1/C(=C/C(=O)OCC)CC(O)C2OC(C)(C)OC12. The van der Waals surface area contributed by atoms with Gasteiger partial charge in [-0.1, -0.05) is 6.58 Å². The summed E-state index contributed by atoms with van der Waals surface area (Å²) in [6.45, 7) is 9.60. The third kappa shape index (κ3) is 2.88. The van der Waals surface area contributed by atoms with Crippen molar-refractivity contribution < 1.29 is 24.1 Å². The maximum Gasteiger partial charge on any atom is 0.331 e. The Balaban J connectivity index is 2.19. The molecule has 0 aromatic rings. The van der Waals surface area contributed by atoms with Crippen LogP contribution in [0.25, 0.3) is 0 Å². The van der Waals surface area contributed by atoms with Gasteiger partial charge in [0.2, 0.25) is 0 Å². The van der Waals surface area contributed by atoms with Crippen molar-refractivity contribution >= 4 is 5.97 Å². The Morgan fingerprint density at radius 2 is 2.26 bits per heavy atom. The highest BCUT2D eigenvalue weighted by Gasteiger charge is 2.49. The molecule has 0 aromatic carbocycles. The maximum atomic E-state index is 11.5. The van der Waals surface area contributed by atoms with Crippen LogP contribution in [0.2, 0.25) is 0 Å². The van der Waals surface area contributed by atoms with Crippen LogP contribution in [-0.2, 0) is 19.0 Å². The number of hydrogen-bond acceptors (Lipinski definition) is 5. The van der Waals surface area contributed by atoms with Crippen LogP contribution in [0.4, 0.5) is 0 Å². The van der Waals surface area contributed by atoms with E-state index < -0.39 is 30.1 Å². The number of fused-ring (bicyclic) bond motifs is 1. The van der Waals surface area contributed by atoms with Crippen molar-refractivity contribution in [3.8, 4) is 0 Å². The third-order valence-corrected chi connectivity index (χ3v) is 3.27. The van der Waals surface area contributed by atoms with Gasteiger partial charge in [0.15, 0.2) is 5.79 Å². The summed E-state index contributed by atoms with van der Waals surface area (Å²) in [5.41, 5.74) is 1.34. The minimum absolute atomic E-state index is 0.316. The van der Waals surface area contributed by atoms with Gasteiger partial charge in [-0.2, -0.15) is 0 Å². The Hall–Kier alpha value is -1.17. The summed E-state index contributed by atoms with van der Waals surface area (Å²) < 4.78 is 16.3. The molecule has 5 heteroatoms. The fraction of sp³-hybridized carbons (Fsp3) is 0.643. The number of esters is 1. The third-order valence-electron chi connectivity index (χ3n) is 3.27. The number of ether oxygens (including phenoxy) is 3. The minimum Gasteiger partial charge on any atom is -0.463 e. The van der Waals surface area contributed by atoms with Crippen molar-refractivity contribution in [1.82, 2.24) is 0 Å². The van der Waals surface area contributed by atoms with Crippen LogP contribution in [-0.4, -0.2) is 41.8 Å². The van der Waals surface area contributed by atoms with Gasteiger partial charge in [0.05, 0.1) is 12.7 Å². The molecular weight excluding hydrogens is 248 g/mol. The molecule has 1 aliphatic heterocycles. The van der Waals surface area contributed by atoms with Crippen molar-refractivity contribution in [3.63, 3.8) is 0 Å². The lowest BCUT2D eigenvalue weighted by Crippen LogP contribution is -2.41. The Morgan fingerprint density at radius 1 is 1.58 bits per heavy atom. The van der Waals surface area contributed by atoms with Crippen molar-refractivity contribution in [2.75, 3.05) is 6.61 Å². The Bertz CT molecular complexity index is 424. The molecular formula is C14H20O5. The molecule has 106 valence electrons. The molecule has 2 fully saturated rings. The lowest BCUT2D eigenvalue weighted by molar-refractivity contribution is -0.152. The molecule has 0 bridgehead atoms. The highest BCUT2D eigenvalue weighted by molar-refractivity contribution is 5.84. The van der Waals surface area contributed by atoms with E-state index in [1.807, 2.05) is 0 Å². The maximum absolute atomic E-state index is 11.5. The largest absolute Gasteiger partial charge is 0.463 e. The number of rotatable bonds is 2. The molecule has 0 aromatic heterocycles. The summed E-state index contributed by atoms with van der Waals surface area (Å²) in [6, 6.07) is 0. The van der Waals surface area contributed by atoms with Crippen LogP contribution in [0.3, 0.4) is 0 Å². The second kappa shape index (κ2) is 5.07. The normalized spacial score (nSPS) is 35.3. The number of carbonyl (C=O) groups is 1. The number of carbonyl (C=O) groups excluding carboxylic acids is 1. The fourth-order valence-corrected chi connectivity index (χ4v) is 2.47. The van der Waals surface area contributed by atoms with E-state index in [1.165, 1.54) is 6.08 Å². The van der Waals surface area contributed by atoms with E-state index in [1.54, 1.807) is 20.8 Å². The van der Waals surface area contributed by atoms with Gasteiger partial charge in [0.25, 0.3) is 0 Å². The van der Waals surface area contributed by atoms with E-state index in [9.17, 15) is 9.90 Å². The standard InChI is InChI=1S/C14H20O5/c1-5-17-11(16)7-9-6-10(15)13-12(8(9)2)18-14(3,4)19-13/h7,10,12-13,15H,2,5-6H2,1,3-4H3/b9-7+. The molecule has 1 heterocycles. The molecule has 0 amide bonds. The molecule has 19 heavy (non-hydrogen) atoms. The van der Waals surface area contributed by atoms with Crippen LogP contribution in [0, 0.1) is 0 Å². The molecule has 2 aliphatic rings. The summed E-state index contributed by atoms with van der Waals surface area (Å²) in [4.78, 5) is 11.5. The molecule has 3 atom stereocenters. The molecule has 2 rings (SSSR count). The van der Waals surface area contributed by atoms with Crippen molar-refractivity contribution in [1.29, 1.82) is 0 Å². The van der Waals surface area contributed by atoms with Crippen LogP contribution >= 0.6 is 0 Å². The van der Waals surface area contributed by atoms with E-state index in [0.29, 0.717) is 24.2 Å². The minimum atomic E-state index is -0.751. The second-order valence-corrected chi connectivity index (χ2v) is 5.24. The van der Waals surface area contributed by atoms with Crippen LogP contribution in [0.15, 0.2) is 23.8 Å². The number of hydrogen-bond donors (Lipinski definition) is 1. The molecule has 1 aliphatic carbocycles. The average molecular weight is 268 g/mol. The molecule has 0 radical (unpaired) electrons. The summed E-state index contributed by atoms with van der Waals surface area (Å²) in [5.74, 6) is -1.18. The molecule has 1 saturated heterocycles. The molecule has 1 N–H and O–H groups in total. The quantitative estimate of drug-likeness (QED) is 0.604. The zero-order valence-electron chi connectivity index (χ0n) is 11.5. The van der Waals surface area contributed by atoms with Crippen LogP contribution in [0.5, 0.6) is 0 Å². The number of aliphatic hydroxyl groups is 1. The van der Waals surface area contributed by atoms with Gasteiger partial charge in [-0.3, -0.25) is 0 Å². The summed E-state index contributed by atoms with van der Waals surface area (Å²) >= 11 is 0. The highest BCUT2D eigenvalue weighted by Crippen LogP contribution is 2.41. The first kappa shape index (κ1) is 14.2. The van der Waals surface area contributed by atoms with E-state index in [4.69, 9.17) is 14.2 Å². The molecule has 1 saturated carbocycles. The van der Waals surface area contributed by atoms with E-state index in [0.717, 1.165) is 0 Å². The Labute approximate surface area is 112 Å². The molecule has 3 unspecified atom stereocenters. The van der Waals surface area contributed by atoms with Crippen molar-refractivity contribution in [2.45, 2.75) is 51.3 Å². The highest BCUT2D eigenvalue weighted by atomic mass is 16.8. The van der Waals surface area contributed by atoms with Gasteiger partial charge < -0.3 is 19.3 Å².